The number of aliphatic hydroxyl groups is 6. The summed E-state index contributed by atoms with van der Waals surface area (Å²) < 4.78 is 26.7. The molecule has 15 nitrogen and oxygen atoms in total. The second-order valence-electron chi connectivity index (χ2n) is 10.1. The third-order valence-electron chi connectivity index (χ3n) is 7.10. The van der Waals surface area contributed by atoms with Crippen molar-refractivity contribution in [3.05, 3.63) is 47.5 Å². The molecule has 2 heterocycles. The van der Waals surface area contributed by atoms with E-state index >= 15 is 0 Å². The number of phenols is 3. The van der Waals surface area contributed by atoms with Gasteiger partial charge >= 0.3 is 0 Å². The molecule has 0 bridgehead atoms. The smallest absolute Gasteiger partial charge is 0.229 e. The summed E-state index contributed by atoms with van der Waals surface area (Å²) in [5.41, 5.74) is -0.0399. The normalized spacial score (nSPS) is 32.9. The molecule has 0 radical (unpaired) electrons. The van der Waals surface area contributed by atoms with E-state index in [-0.39, 0.29) is 17.2 Å². The Hall–Kier alpha value is -3.51. The maximum Gasteiger partial charge on any atom is 0.229 e. The van der Waals surface area contributed by atoms with Gasteiger partial charge in [0, 0.05) is 12.1 Å². The number of ketones is 1. The van der Waals surface area contributed by atoms with E-state index < -0.39 is 90.9 Å². The third kappa shape index (κ3) is 7.01. The molecule has 2 aliphatic rings. The van der Waals surface area contributed by atoms with Crippen molar-refractivity contribution >= 4 is 11.9 Å². The van der Waals surface area contributed by atoms with Crippen LogP contribution in [-0.4, -0.2) is 127 Å². The Balaban J connectivity index is 1.43. The SMILES string of the molecule is COc1ccc(C=CC(=O)c2c(O)cc(O[C@@H]3O[C@H](CO[C@@H]4O[C@@H](C)[C@H](O)[C@@H](O)[C@H]4O)[C@@H](O)[C@H](O)[C@H]3O)cc2O)cc1O. The second kappa shape index (κ2) is 13.4. The molecule has 10 atom stereocenters. The minimum absolute atomic E-state index is 0.156. The van der Waals surface area contributed by atoms with Crippen LogP contribution in [0, 0.1) is 0 Å². The Labute approximate surface area is 245 Å². The van der Waals surface area contributed by atoms with Crippen LogP contribution in [-0.2, 0) is 14.2 Å². The molecule has 2 aromatic rings. The van der Waals surface area contributed by atoms with E-state index in [1.807, 2.05) is 0 Å². The maximum absolute atomic E-state index is 12.7. The zero-order valence-electron chi connectivity index (χ0n) is 23.0. The molecule has 15 heteroatoms. The van der Waals surface area contributed by atoms with Gasteiger partial charge < -0.3 is 69.6 Å². The molecule has 2 aliphatic heterocycles. The van der Waals surface area contributed by atoms with Gasteiger partial charge in [0.15, 0.2) is 23.6 Å². The summed E-state index contributed by atoms with van der Waals surface area (Å²) >= 11 is 0. The van der Waals surface area contributed by atoms with E-state index in [1.54, 1.807) is 6.07 Å². The van der Waals surface area contributed by atoms with Crippen LogP contribution in [0.15, 0.2) is 36.4 Å². The zero-order valence-corrected chi connectivity index (χ0v) is 23.0. The number of phenolic OH excluding ortho intramolecular Hbond substituents is 3. The van der Waals surface area contributed by atoms with Gasteiger partial charge in [-0.05, 0) is 30.7 Å². The van der Waals surface area contributed by atoms with E-state index in [0.717, 1.165) is 18.2 Å². The summed E-state index contributed by atoms with van der Waals surface area (Å²) in [5, 5.41) is 91.9. The molecule has 43 heavy (non-hydrogen) atoms. The molecule has 2 saturated heterocycles. The molecule has 2 fully saturated rings. The minimum atomic E-state index is -1.81. The third-order valence-corrected chi connectivity index (χ3v) is 7.10. The van der Waals surface area contributed by atoms with Gasteiger partial charge in [-0.25, -0.2) is 0 Å². The highest BCUT2D eigenvalue weighted by atomic mass is 16.7. The molecule has 0 aromatic heterocycles. The van der Waals surface area contributed by atoms with Crippen LogP contribution >= 0.6 is 0 Å². The number of hydrogen-bond donors (Lipinski definition) is 9. The number of methoxy groups -OCH3 is 1. The van der Waals surface area contributed by atoms with Crippen LogP contribution < -0.4 is 9.47 Å². The Bertz CT molecular complexity index is 1290. The van der Waals surface area contributed by atoms with Crippen molar-refractivity contribution in [1.29, 1.82) is 0 Å². The highest BCUT2D eigenvalue weighted by molar-refractivity contribution is 6.10. The van der Waals surface area contributed by atoms with E-state index in [2.05, 4.69) is 0 Å². The molecule has 0 unspecified atom stereocenters. The largest absolute Gasteiger partial charge is 0.507 e. The van der Waals surface area contributed by atoms with Crippen LogP contribution in [0.2, 0.25) is 0 Å². The van der Waals surface area contributed by atoms with Crippen LogP contribution in [0.4, 0.5) is 0 Å². The first-order valence-corrected chi connectivity index (χ1v) is 13.1. The summed E-state index contributed by atoms with van der Waals surface area (Å²) in [6, 6.07) is 6.31. The molecule has 236 valence electrons. The maximum atomic E-state index is 12.7. The fourth-order valence-electron chi connectivity index (χ4n) is 4.60. The zero-order chi connectivity index (χ0) is 31.6. The average molecular weight is 611 g/mol. The highest BCUT2D eigenvalue weighted by Gasteiger charge is 2.47. The quantitative estimate of drug-likeness (QED) is 0.119. The van der Waals surface area contributed by atoms with Crippen LogP contribution in [0.25, 0.3) is 6.08 Å². The van der Waals surface area contributed by atoms with Gasteiger partial charge in [0.2, 0.25) is 6.29 Å². The number of hydrogen-bond acceptors (Lipinski definition) is 15. The molecule has 0 aliphatic carbocycles. The van der Waals surface area contributed by atoms with E-state index in [1.165, 1.54) is 32.2 Å². The van der Waals surface area contributed by atoms with Gasteiger partial charge in [-0.15, -0.1) is 0 Å². The number of allylic oxidation sites excluding steroid dienone is 1. The average Bonchev–Trinajstić information content (AvgIpc) is 2.96. The van der Waals surface area contributed by atoms with Crippen LogP contribution in [0.1, 0.15) is 22.8 Å². The van der Waals surface area contributed by atoms with Gasteiger partial charge in [-0.1, -0.05) is 12.1 Å². The van der Waals surface area contributed by atoms with Crippen molar-refractivity contribution in [3.8, 4) is 28.7 Å². The Morgan fingerprint density at radius 1 is 0.814 bits per heavy atom. The fraction of sp³-hybridized carbons (Fsp3) is 0.464. The standard InChI is InChI=1S/C28H34O15/c1-11-21(33)23(35)25(37)27(41-11)40-10-19-22(34)24(36)26(38)28(43-19)42-13-8-16(31)20(17(32)9-13)14(29)5-3-12-4-6-18(39-2)15(30)7-12/h3-9,11,19,21-28,30-38H,10H2,1-2H3/t11-,19+,21-,22+,23+,24-,25+,26+,27+,28+/m0/s1. The number of aromatic hydroxyl groups is 3. The number of benzene rings is 2. The van der Waals surface area contributed by atoms with Crippen molar-refractivity contribution in [1.82, 2.24) is 0 Å². The summed E-state index contributed by atoms with van der Waals surface area (Å²) in [4.78, 5) is 12.7. The lowest BCUT2D eigenvalue weighted by Gasteiger charge is -2.42. The fourth-order valence-corrected chi connectivity index (χ4v) is 4.60. The van der Waals surface area contributed by atoms with Gasteiger partial charge in [0.25, 0.3) is 0 Å². The summed E-state index contributed by atoms with van der Waals surface area (Å²) in [6.07, 6.45) is -12.8. The first kappa shape index (κ1) is 32.4. The predicted octanol–water partition coefficient (Wildman–Crippen LogP) is -1.26. The number of carbonyl (C=O) groups excluding carboxylic acids is 1. The molecule has 0 amide bonds. The Morgan fingerprint density at radius 2 is 1.44 bits per heavy atom. The lowest BCUT2D eigenvalue weighted by molar-refractivity contribution is -0.318. The van der Waals surface area contributed by atoms with Gasteiger partial charge in [-0.2, -0.15) is 0 Å². The molecule has 4 rings (SSSR count). The minimum Gasteiger partial charge on any atom is -0.507 e. The lowest BCUT2D eigenvalue weighted by atomic mass is 9.98. The summed E-state index contributed by atoms with van der Waals surface area (Å²) in [6.45, 7) is 0.920. The van der Waals surface area contributed by atoms with Crippen LogP contribution in [0.5, 0.6) is 28.7 Å². The molecule has 0 saturated carbocycles. The van der Waals surface area contributed by atoms with E-state index in [0.29, 0.717) is 5.56 Å². The van der Waals surface area contributed by atoms with Crippen molar-refractivity contribution in [2.75, 3.05) is 13.7 Å². The van der Waals surface area contributed by atoms with Gasteiger partial charge in [-0.3, -0.25) is 4.79 Å². The topological polar surface area (TPSA) is 245 Å². The highest BCUT2D eigenvalue weighted by Crippen LogP contribution is 2.35. The molecule has 2 aromatic carbocycles. The Morgan fingerprint density at radius 3 is 2.07 bits per heavy atom. The van der Waals surface area contributed by atoms with Crippen LogP contribution in [0.3, 0.4) is 0 Å². The predicted molar refractivity (Wildman–Crippen MR) is 143 cm³/mol. The monoisotopic (exact) mass is 610 g/mol. The summed E-state index contributed by atoms with van der Waals surface area (Å²) in [5.74, 6) is -2.37. The number of ether oxygens (including phenoxy) is 5. The van der Waals surface area contributed by atoms with E-state index in [9.17, 15) is 50.8 Å². The molecule has 9 N–H and O–H groups in total. The molecular weight excluding hydrogens is 576 g/mol. The second-order valence-corrected chi connectivity index (χ2v) is 10.1. The number of rotatable bonds is 9. The van der Waals surface area contributed by atoms with Crippen molar-refractivity contribution in [2.45, 2.75) is 68.3 Å². The van der Waals surface area contributed by atoms with Gasteiger partial charge in [0.1, 0.15) is 65.5 Å². The number of carbonyl (C=O) groups is 1. The Kier molecular flexibility index (Phi) is 10.1. The molecule has 0 spiro atoms. The van der Waals surface area contributed by atoms with E-state index in [4.69, 9.17) is 23.7 Å². The lowest BCUT2D eigenvalue weighted by Crippen LogP contribution is -2.61. The first-order chi connectivity index (χ1) is 20.3. The van der Waals surface area contributed by atoms with Crippen molar-refractivity contribution in [2.24, 2.45) is 0 Å². The van der Waals surface area contributed by atoms with Crippen molar-refractivity contribution in [3.63, 3.8) is 0 Å². The first-order valence-electron chi connectivity index (χ1n) is 13.1. The van der Waals surface area contributed by atoms with Crippen molar-refractivity contribution < 1.29 is 74.4 Å². The van der Waals surface area contributed by atoms with Gasteiger partial charge in [0.05, 0.1) is 19.8 Å². The molecular formula is C28H34O15. The summed E-state index contributed by atoms with van der Waals surface area (Å²) in [7, 11) is 1.38. The number of aliphatic hydroxyl groups excluding tert-OH is 6.